The van der Waals surface area contributed by atoms with E-state index in [1.807, 2.05) is 31.2 Å². The summed E-state index contributed by atoms with van der Waals surface area (Å²) in [6.45, 7) is 1.98. The summed E-state index contributed by atoms with van der Waals surface area (Å²) >= 11 is 0.894. The molecule has 0 radical (unpaired) electrons. The van der Waals surface area contributed by atoms with E-state index in [1.54, 1.807) is 0 Å². The molecular formula is C10H7NO2S. The van der Waals surface area contributed by atoms with Crippen LogP contribution in [0.15, 0.2) is 29.3 Å². The summed E-state index contributed by atoms with van der Waals surface area (Å²) in [6, 6.07) is 7.55. The number of nitrogens with zero attached hydrogens (tertiary/aromatic N) is 1. The molecule has 2 rings (SSSR count). The van der Waals surface area contributed by atoms with E-state index in [0.717, 1.165) is 22.9 Å². The van der Waals surface area contributed by atoms with E-state index >= 15 is 0 Å². The third-order valence-electron chi connectivity index (χ3n) is 1.87. The summed E-state index contributed by atoms with van der Waals surface area (Å²) in [7, 11) is 0. The Bertz CT molecular complexity index is 434. The van der Waals surface area contributed by atoms with Gasteiger partial charge in [0, 0.05) is 5.56 Å². The maximum Gasteiger partial charge on any atom is 0.325 e. The van der Waals surface area contributed by atoms with Gasteiger partial charge in [-0.1, -0.05) is 29.8 Å². The molecule has 1 heterocycles. The summed E-state index contributed by atoms with van der Waals surface area (Å²) in [6.07, 6.45) is 0. The SMILES string of the molecule is Cc1ccc(C2=NC(=O)C(=O)S2)cc1. The van der Waals surface area contributed by atoms with Crippen LogP contribution in [0.4, 0.5) is 0 Å². The molecule has 0 unspecified atom stereocenters. The molecule has 0 spiro atoms. The van der Waals surface area contributed by atoms with E-state index in [2.05, 4.69) is 4.99 Å². The minimum atomic E-state index is -0.662. The van der Waals surface area contributed by atoms with Crippen LogP contribution in [0.3, 0.4) is 0 Å². The van der Waals surface area contributed by atoms with Gasteiger partial charge in [0.15, 0.2) is 0 Å². The molecule has 0 N–H and O–H groups in total. The zero-order valence-corrected chi connectivity index (χ0v) is 8.30. The van der Waals surface area contributed by atoms with Gasteiger partial charge < -0.3 is 0 Å². The Morgan fingerprint density at radius 1 is 1.14 bits per heavy atom. The van der Waals surface area contributed by atoms with E-state index in [-0.39, 0.29) is 0 Å². The van der Waals surface area contributed by atoms with Crippen LogP contribution in [-0.2, 0) is 9.59 Å². The Balaban J connectivity index is 2.34. The van der Waals surface area contributed by atoms with Crippen LogP contribution in [0.25, 0.3) is 0 Å². The maximum atomic E-state index is 10.9. The predicted octanol–water partition coefficient (Wildman–Crippen LogP) is 1.54. The number of carbonyl (C=O) groups is 2. The topological polar surface area (TPSA) is 46.5 Å². The zero-order valence-electron chi connectivity index (χ0n) is 7.48. The van der Waals surface area contributed by atoms with Crippen molar-refractivity contribution in [2.75, 3.05) is 0 Å². The van der Waals surface area contributed by atoms with Gasteiger partial charge in [0.25, 0.3) is 5.12 Å². The first-order chi connectivity index (χ1) is 6.66. The first kappa shape index (κ1) is 9.15. The van der Waals surface area contributed by atoms with Crippen LogP contribution in [-0.4, -0.2) is 16.1 Å². The number of hydrogen-bond acceptors (Lipinski definition) is 3. The normalized spacial score (nSPS) is 15.9. The molecule has 0 aromatic heterocycles. The van der Waals surface area contributed by atoms with Crippen LogP contribution in [0.2, 0.25) is 0 Å². The maximum absolute atomic E-state index is 10.9. The van der Waals surface area contributed by atoms with Crippen molar-refractivity contribution < 1.29 is 9.59 Å². The Labute approximate surface area is 85.2 Å². The highest BCUT2D eigenvalue weighted by molar-refractivity contribution is 8.28. The molecule has 0 bridgehead atoms. The molecule has 14 heavy (non-hydrogen) atoms. The van der Waals surface area contributed by atoms with Crippen LogP contribution in [0.5, 0.6) is 0 Å². The molecule has 70 valence electrons. The second kappa shape index (κ2) is 3.38. The van der Waals surface area contributed by atoms with Crippen molar-refractivity contribution in [3.8, 4) is 0 Å². The fraction of sp³-hybridized carbons (Fsp3) is 0.100. The van der Waals surface area contributed by atoms with Crippen molar-refractivity contribution in [3.63, 3.8) is 0 Å². The third-order valence-corrected chi connectivity index (χ3v) is 2.75. The summed E-state index contributed by atoms with van der Waals surface area (Å²) in [5.41, 5.74) is 1.95. The molecule has 4 heteroatoms. The minimum absolute atomic E-state index is 0.499. The van der Waals surface area contributed by atoms with E-state index in [9.17, 15) is 9.59 Å². The standard InChI is InChI=1S/C10H7NO2S/c1-6-2-4-7(5-3-6)9-11-8(12)10(13)14-9/h2-5H,1H3. The first-order valence-corrected chi connectivity index (χ1v) is 4.90. The van der Waals surface area contributed by atoms with Gasteiger partial charge in [-0.25, -0.2) is 0 Å². The lowest BCUT2D eigenvalue weighted by Crippen LogP contribution is -1.98. The van der Waals surface area contributed by atoms with E-state index in [4.69, 9.17) is 0 Å². The van der Waals surface area contributed by atoms with Crippen molar-refractivity contribution in [1.82, 2.24) is 0 Å². The van der Waals surface area contributed by atoms with Gasteiger partial charge in [-0.3, -0.25) is 9.59 Å². The molecule has 0 atom stereocenters. The highest BCUT2D eigenvalue weighted by Gasteiger charge is 2.25. The minimum Gasteiger partial charge on any atom is -0.275 e. The second-order valence-corrected chi connectivity index (χ2v) is 3.94. The molecule has 0 saturated heterocycles. The fourth-order valence-corrected chi connectivity index (χ4v) is 1.80. The van der Waals surface area contributed by atoms with Crippen LogP contribution in [0.1, 0.15) is 11.1 Å². The van der Waals surface area contributed by atoms with Gasteiger partial charge in [-0.2, -0.15) is 4.99 Å². The van der Waals surface area contributed by atoms with Crippen molar-refractivity contribution in [1.29, 1.82) is 0 Å². The number of hydrogen-bond donors (Lipinski definition) is 0. The number of aryl methyl sites for hydroxylation is 1. The average Bonchev–Trinajstić information content (AvgIpc) is 2.48. The van der Waals surface area contributed by atoms with Gasteiger partial charge in [0.05, 0.1) is 0 Å². The van der Waals surface area contributed by atoms with Gasteiger partial charge in [0.2, 0.25) is 0 Å². The number of aliphatic imine (C=N–C) groups is 1. The largest absolute Gasteiger partial charge is 0.325 e. The monoisotopic (exact) mass is 205 g/mol. The Hall–Kier alpha value is -1.42. The molecule has 1 amide bonds. The Kier molecular flexibility index (Phi) is 2.21. The fourth-order valence-electron chi connectivity index (χ4n) is 1.11. The number of benzene rings is 1. The molecule has 1 aliphatic heterocycles. The Morgan fingerprint density at radius 2 is 1.79 bits per heavy atom. The van der Waals surface area contributed by atoms with E-state index in [1.165, 1.54) is 0 Å². The Morgan fingerprint density at radius 3 is 2.29 bits per heavy atom. The quantitative estimate of drug-likeness (QED) is 0.653. The number of thioether (sulfide) groups is 1. The van der Waals surface area contributed by atoms with Crippen molar-refractivity contribution in [3.05, 3.63) is 35.4 Å². The number of rotatable bonds is 1. The van der Waals surface area contributed by atoms with Crippen molar-refractivity contribution >= 4 is 27.8 Å². The highest BCUT2D eigenvalue weighted by Crippen LogP contribution is 2.21. The summed E-state index contributed by atoms with van der Waals surface area (Å²) in [5.74, 6) is -0.662. The molecule has 1 aromatic rings. The van der Waals surface area contributed by atoms with Crippen molar-refractivity contribution in [2.45, 2.75) is 6.92 Å². The highest BCUT2D eigenvalue weighted by atomic mass is 32.2. The predicted molar refractivity (Wildman–Crippen MR) is 55.3 cm³/mol. The van der Waals surface area contributed by atoms with Gasteiger partial charge >= 0.3 is 5.91 Å². The molecule has 0 fully saturated rings. The molecule has 1 aromatic carbocycles. The molecule has 1 aliphatic rings. The lowest BCUT2D eigenvalue weighted by atomic mass is 10.2. The number of carbonyl (C=O) groups excluding carboxylic acids is 2. The van der Waals surface area contributed by atoms with Gasteiger partial charge in [0.1, 0.15) is 5.04 Å². The van der Waals surface area contributed by atoms with Gasteiger partial charge in [-0.05, 0) is 18.7 Å². The zero-order chi connectivity index (χ0) is 10.1. The van der Waals surface area contributed by atoms with Crippen molar-refractivity contribution in [2.24, 2.45) is 4.99 Å². The molecule has 0 aliphatic carbocycles. The lowest BCUT2D eigenvalue weighted by molar-refractivity contribution is -0.130. The third kappa shape index (κ3) is 1.61. The molecule has 3 nitrogen and oxygen atoms in total. The number of amides is 1. The van der Waals surface area contributed by atoms with E-state index in [0.29, 0.717) is 5.04 Å². The smallest absolute Gasteiger partial charge is 0.275 e. The van der Waals surface area contributed by atoms with Crippen LogP contribution < -0.4 is 0 Å². The summed E-state index contributed by atoms with van der Waals surface area (Å²) in [5, 5.41) is 0.000532. The molecular weight excluding hydrogens is 198 g/mol. The average molecular weight is 205 g/mol. The lowest BCUT2D eigenvalue weighted by Gasteiger charge is -1.97. The van der Waals surface area contributed by atoms with E-state index < -0.39 is 11.0 Å². The summed E-state index contributed by atoms with van der Waals surface area (Å²) in [4.78, 5) is 25.5. The van der Waals surface area contributed by atoms with Crippen LogP contribution >= 0.6 is 11.8 Å². The first-order valence-electron chi connectivity index (χ1n) is 4.09. The summed E-state index contributed by atoms with van der Waals surface area (Å²) < 4.78 is 0. The van der Waals surface area contributed by atoms with Crippen LogP contribution in [0, 0.1) is 6.92 Å². The second-order valence-electron chi connectivity index (χ2n) is 2.98. The van der Waals surface area contributed by atoms with Gasteiger partial charge in [-0.15, -0.1) is 0 Å². The molecule has 0 saturated carbocycles.